The molecule has 0 aliphatic heterocycles. The predicted octanol–water partition coefficient (Wildman–Crippen LogP) is 1.77. The van der Waals surface area contributed by atoms with Gasteiger partial charge in [-0.05, 0) is 45.3 Å². The molecule has 0 amide bonds. The first-order valence-corrected chi connectivity index (χ1v) is 6.32. The van der Waals surface area contributed by atoms with Gasteiger partial charge in [-0.2, -0.15) is 0 Å². The molecule has 0 spiro atoms. The number of hydrogen-bond donors (Lipinski definition) is 1. The zero-order valence-corrected chi connectivity index (χ0v) is 10.6. The first-order valence-electron chi connectivity index (χ1n) is 5.91. The van der Waals surface area contributed by atoms with Crippen molar-refractivity contribution >= 4 is 17.3 Å². The maximum atomic E-state index is 5.34. The largest absolute Gasteiger partial charge is 0.382 e. The smallest absolute Gasteiger partial charge is 0.169 e. The van der Waals surface area contributed by atoms with Crippen LogP contribution in [0.5, 0.6) is 0 Å². The van der Waals surface area contributed by atoms with Crippen LogP contribution in [0.2, 0.25) is 0 Å². The Bertz CT molecular complexity index is 195. The van der Waals surface area contributed by atoms with Gasteiger partial charge in [0.05, 0.1) is 0 Å². The summed E-state index contributed by atoms with van der Waals surface area (Å²) < 4.78 is 5.27. The zero-order chi connectivity index (χ0) is 11.1. The molecule has 0 heterocycles. The van der Waals surface area contributed by atoms with Crippen LogP contribution >= 0.6 is 12.2 Å². The number of rotatable bonds is 7. The Morgan fingerprint density at radius 2 is 2.20 bits per heavy atom. The molecule has 3 nitrogen and oxygen atoms in total. The molecule has 88 valence electrons. The van der Waals surface area contributed by atoms with Gasteiger partial charge in [0, 0.05) is 32.3 Å². The molecule has 0 saturated heterocycles. The number of hydrogen-bond acceptors (Lipinski definition) is 2. The molecular formula is C11H22N2OS. The predicted molar refractivity (Wildman–Crippen MR) is 67.1 cm³/mol. The molecule has 1 N–H and O–H groups in total. The van der Waals surface area contributed by atoms with E-state index >= 15 is 0 Å². The van der Waals surface area contributed by atoms with Crippen molar-refractivity contribution in [1.29, 1.82) is 0 Å². The third kappa shape index (κ3) is 4.80. The van der Waals surface area contributed by atoms with Gasteiger partial charge in [-0.3, -0.25) is 0 Å². The van der Waals surface area contributed by atoms with Gasteiger partial charge >= 0.3 is 0 Å². The highest BCUT2D eigenvalue weighted by molar-refractivity contribution is 7.80. The molecule has 0 bridgehead atoms. The molecular weight excluding hydrogens is 208 g/mol. The Balaban J connectivity index is 2.06. The van der Waals surface area contributed by atoms with Crippen molar-refractivity contribution in [3.8, 4) is 0 Å². The summed E-state index contributed by atoms with van der Waals surface area (Å²) in [6.07, 6.45) is 3.62. The summed E-state index contributed by atoms with van der Waals surface area (Å²) in [5.41, 5.74) is 0. The van der Waals surface area contributed by atoms with E-state index in [1.54, 1.807) is 0 Å². The monoisotopic (exact) mass is 230 g/mol. The van der Waals surface area contributed by atoms with Crippen LogP contribution in [0.4, 0.5) is 0 Å². The quantitative estimate of drug-likeness (QED) is 0.532. The molecule has 4 heteroatoms. The van der Waals surface area contributed by atoms with Crippen LogP contribution in [0.3, 0.4) is 0 Å². The number of nitrogens with one attached hydrogen (secondary N) is 1. The summed E-state index contributed by atoms with van der Waals surface area (Å²) in [6.45, 7) is 7.73. The fourth-order valence-electron chi connectivity index (χ4n) is 1.57. The summed E-state index contributed by atoms with van der Waals surface area (Å²) in [4.78, 5) is 2.29. The second-order valence-corrected chi connectivity index (χ2v) is 4.19. The van der Waals surface area contributed by atoms with E-state index in [1.165, 1.54) is 12.8 Å². The molecule has 0 aromatic carbocycles. The summed E-state index contributed by atoms with van der Waals surface area (Å²) in [5, 5.41) is 4.20. The van der Waals surface area contributed by atoms with E-state index in [0.717, 1.165) is 37.8 Å². The van der Waals surface area contributed by atoms with Gasteiger partial charge in [0.1, 0.15) is 0 Å². The van der Waals surface area contributed by atoms with E-state index in [4.69, 9.17) is 17.0 Å². The molecule has 0 unspecified atom stereocenters. The van der Waals surface area contributed by atoms with E-state index in [0.29, 0.717) is 6.04 Å². The normalized spacial score (nSPS) is 15.1. The highest BCUT2D eigenvalue weighted by atomic mass is 32.1. The van der Waals surface area contributed by atoms with Crippen molar-refractivity contribution in [2.45, 2.75) is 39.2 Å². The zero-order valence-electron chi connectivity index (χ0n) is 9.79. The lowest BCUT2D eigenvalue weighted by Crippen LogP contribution is -2.41. The van der Waals surface area contributed by atoms with Gasteiger partial charge in [-0.1, -0.05) is 0 Å². The van der Waals surface area contributed by atoms with E-state index in [9.17, 15) is 0 Å². The Hall–Kier alpha value is -0.350. The molecule has 1 rings (SSSR count). The average Bonchev–Trinajstić information content (AvgIpc) is 3.03. The van der Waals surface area contributed by atoms with Crippen molar-refractivity contribution in [2.24, 2.45) is 0 Å². The fourth-order valence-corrected chi connectivity index (χ4v) is 1.95. The number of nitrogens with zero attached hydrogens (tertiary/aromatic N) is 1. The first kappa shape index (κ1) is 12.7. The SMILES string of the molecule is CCOCCCNC(=S)N(CC)C1CC1. The molecule has 1 fully saturated rings. The van der Waals surface area contributed by atoms with E-state index < -0.39 is 0 Å². The van der Waals surface area contributed by atoms with Gasteiger partial charge < -0.3 is 15.0 Å². The molecule has 0 atom stereocenters. The van der Waals surface area contributed by atoms with Crippen molar-refractivity contribution in [3.63, 3.8) is 0 Å². The Morgan fingerprint density at radius 3 is 2.73 bits per heavy atom. The molecule has 0 radical (unpaired) electrons. The Morgan fingerprint density at radius 1 is 1.47 bits per heavy atom. The fraction of sp³-hybridized carbons (Fsp3) is 0.909. The topological polar surface area (TPSA) is 24.5 Å². The molecule has 0 aromatic heterocycles. The van der Waals surface area contributed by atoms with Crippen LogP contribution < -0.4 is 5.32 Å². The van der Waals surface area contributed by atoms with Crippen LogP contribution in [-0.4, -0.2) is 42.4 Å². The Kier molecular flexibility index (Phi) is 5.95. The average molecular weight is 230 g/mol. The first-order chi connectivity index (χ1) is 7.29. The molecule has 1 saturated carbocycles. The molecule has 1 aliphatic carbocycles. The minimum Gasteiger partial charge on any atom is -0.382 e. The lowest BCUT2D eigenvalue weighted by molar-refractivity contribution is 0.145. The standard InChI is InChI=1S/C11H22N2OS/c1-3-13(10-6-7-10)11(15)12-8-5-9-14-4-2/h10H,3-9H2,1-2H3,(H,12,15). The van der Waals surface area contributed by atoms with E-state index in [2.05, 4.69) is 17.1 Å². The van der Waals surface area contributed by atoms with Crippen molar-refractivity contribution < 1.29 is 4.74 Å². The summed E-state index contributed by atoms with van der Waals surface area (Å²) in [6, 6.07) is 0.710. The van der Waals surface area contributed by atoms with Crippen LogP contribution in [-0.2, 0) is 4.74 Å². The van der Waals surface area contributed by atoms with E-state index in [1.807, 2.05) is 6.92 Å². The molecule has 15 heavy (non-hydrogen) atoms. The second kappa shape index (κ2) is 7.01. The van der Waals surface area contributed by atoms with Crippen molar-refractivity contribution in [3.05, 3.63) is 0 Å². The maximum Gasteiger partial charge on any atom is 0.169 e. The third-order valence-electron chi connectivity index (χ3n) is 2.53. The molecule has 1 aliphatic rings. The summed E-state index contributed by atoms with van der Waals surface area (Å²) >= 11 is 5.34. The highest BCUT2D eigenvalue weighted by Crippen LogP contribution is 2.26. The second-order valence-electron chi connectivity index (χ2n) is 3.80. The van der Waals surface area contributed by atoms with Crippen LogP contribution in [0.25, 0.3) is 0 Å². The van der Waals surface area contributed by atoms with Gasteiger partial charge in [0.2, 0.25) is 0 Å². The van der Waals surface area contributed by atoms with Crippen LogP contribution in [0.15, 0.2) is 0 Å². The third-order valence-corrected chi connectivity index (χ3v) is 2.91. The minimum atomic E-state index is 0.710. The minimum absolute atomic E-state index is 0.710. The maximum absolute atomic E-state index is 5.34. The highest BCUT2D eigenvalue weighted by Gasteiger charge is 2.29. The lowest BCUT2D eigenvalue weighted by atomic mass is 10.4. The number of thiocarbonyl (C=S) groups is 1. The van der Waals surface area contributed by atoms with Gasteiger partial charge in [-0.25, -0.2) is 0 Å². The summed E-state index contributed by atoms with van der Waals surface area (Å²) in [5.74, 6) is 0. The van der Waals surface area contributed by atoms with Gasteiger partial charge in [0.15, 0.2) is 5.11 Å². The van der Waals surface area contributed by atoms with E-state index in [-0.39, 0.29) is 0 Å². The van der Waals surface area contributed by atoms with Crippen molar-refractivity contribution in [2.75, 3.05) is 26.3 Å². The van der Waals surface area contributed by atoms with Crippen LogP contribution in [0, 0.1) is 0 Å². The van der Waals surface area contributed by atoms with Gasteiger partial charge in [0.25, 0.3) is 0 Å². The summed E-state index contributed by atoms with van der Waals surface area (Å²) in [7, 11) is 0. The van der Waals surface area contributed by atoms with Crippen LogP contribution in [0.1, 0.15) is 33.1 Å². The number of ether oxygens (including phenoxy) is 1. The van der Waals surface area contributed by atoms with Crippen molar-refractivity contribution in [1.82, 2.24) is 10.2 Å². The Labute approximate surface area is 98.2 Å². The van der Waals surface area contributed by atoms with Gasteiger partial charge in [-0.15, -0.1) is 0 Å². The lowest BCUT2D eigenvalue weighted by Gasteiger charge is -2.23. The molecule has 0 aromatic rings.